The zero-order valence-corrected chi connectivity index (χ0v) is 9.33. The van der Waals surface area contributed by atoms with Crippen molar-refractivity contribution in [3.63, 3.8) is 0 Å². The number of thioether (sulfide) groups is 1. The summed E-state index contributed by atoms with van der Waals surface area (Å²) in [6, 6.07) is 0. The maximum Gasteiger partial charge on any atom is 0.0259 e. The predicted molar refractivity (Wildman–Crippen MR) is 59.4 cm³/mol. The third-order valence-electron chi connectivity index (χ3n) is 3.07. The summed E-state index contributed by atoms with van der Waals surface area (Å²) in [6.07, 6.45) is 2.84. The van der Waals surface area contributed by atoms with Crippen LogP contribution in [0.5, 0.6) is 0 Å². The summed E-state index contributed by atoms with van der Waals surface area (Å²) in [6.45, 7) is 8.60. The molecule has 1 atom stereocenters. The van der Waals surface area contributed by atoms with E-state index >= 15 is 0 Å². The van der Waals surface area contributed by atoms with E-state index in [4.69, 9.17) is 0 Å². The van der Waals surface area contributed by atoms with Gasteiger partial charge < -0.3 is 5.32 Å². The highest BCUT2D eigenvalue weighted by Crippen LogP contribution is 2.38. The highest BCUT2D eigenvalue weighted by molar-refractivity contribution is 8.00. The second kappa shape index (κ2) is 4.20. The maximum atomic E-state index is 3.40. The van der Waals surface area contributed by atoms with Gasteiger partial charge in [0.25, 0.3) is 0 Å². The minimum atomic E-state index is 0.567. The van der Waals surface area contributed by atoms with Gasteiger partial charge in [-0.1, -0.05) is 0 Å². The van der Waals surface area contributed by atoms with Crippen molar-refractivity contribution < 1.29 is 0 Å². The number of nitrogens with zero attached hydrogens (tertiary/aromatic N) is 1. The van der Waals surface area contributed by atoms with Crippen LogP contribution in [0.2, 0.25) is 0 Å². The van der Waals surface area contributed by atoms with E-state index in [-0.39, 0.29) is 0 Å². The zero-order valence-electron chi connectivity index (χ0n) is 8.51. The third-order valence-corrected chi connectivity index (χ3v) is 4.59. The Morgan fingerprint density at radius 1 is 1.38 bits per heavy atom. The first kappa shape index (κ1) is 9.81. The summed E-state index contributed by atoms with van der Waals surface area (Å²) in [5.74, 6) is 1.38. The molecule has 0 aromatic rings. The largest absolute Gasteiger partial charge is 0.314 e. The van der Waals surface area contributed by atoms with E-state index in [0.717, 1.165) is 0 Å². The molecule has 76 valence electrons. The van der Waals surface area contributed by atoms with Crippen LogP contribution >= 0.6 is 11.8 Å². The normalized spacial score (nSPS) is 36.7. The number of nitrogens with one attached hydrogen (secondary N) is 1. The Hall–Kier alpha value is 0.270. The molecule has 2 rings (SSSR count). The van der Waals surface area contributed by atoms with Crippen molar-refractivity contribution in [2.75, 3.05) is 38.5 Å². The minimum Gasteiger partial charge on any atom is -0.314 e. The summed E-state index contributed by atoms with van der Waals surface area (Å²) < 4.78 is 0.567. The molecule has 0 saturated carbocycles. The van der Waals surface area contributed by atoms with Gasteiger partial charge in [-0.3, -0.25) is 4.90 Å². The first-order valence-corrected chi connectivity index (χ1v) is 6.34. The second-order valence-electron chi connectivity index (χ2n) is 4.43. The summed E-state index contributed by atoms with van der Waals surface area (Å²) >= 11 is 2.18. The molecule has 2 heterocycles. The average Bonchev–Trinajstić information content (AvgIpc) is 2.54. The van der Waals surface area contributed by atoms with Crippen LogP contribution in [0.25, 0.3) is 0 Å². The number of rotatable bonds is 2. The number of hydrogen-bond acceptors (Lipinski definition) is 3. The van der Waals surface area contributed by atoms with Crippen LogP contribution in [0.15, 0.2) is 0 Å². The molecule has 13 heavy (non-hydrogen) atoms. The van der Waals surface area contributed by atoms with E-state index in [9.17, 15) is 0 Å². The quantitative estimate of drug-likeness (QED) is 0.720. The Morgan fingerprint density at radius 3 is 2.77 bits per heavy atom. The smallest absolute Gasteiger partial charge is 0.0259 e. The van der Waals surface area contributed by atoms with Gasteiger partial charge in [0.15, 0.2) is 0 Å². The highest BCUT2D eigenvalue weighted by Gasteiger charge is 2.31. The van der Waals surface area contributed by atoms with Crippen molar-refractivity contribution in [1.82, 2.24) is 10.2 Å². The van der Waals surface area contributed by atoms with Crippen LogP contribution in [0, 0.1) is 0 Å². The lowest BCUT2D eigenvalue weighted by molar-refractivity contribution is 0.220. The Labute approximate surface area is 85.4 Å². The molecule has 0 radical (unpaired) electrons. The van der Waals surface area contributed by atoms with E-state index < -0.39 is 0 Å². The Balaban J connectivity index is 1.81. The van der Waals surface area contributed by atoms with Crippen molar-refractivity contribution in [1.29, 1.82) is 0 Å². The molecule has 0 aliphatic carbocycles. The summed E-state index contributed by atoms with van der Waals surface area (Å²) in [4.78, 5) is 2.62. The van der Waals surface area contributed by atoms with Gasteiger partial charge in [0.1, 0.15) is 0 Å². The zero-order chi connectivity index (χ0) is 9.15. The van der Waals surface area contributed by atoms with E-state index in [0.29, 0.717) is 4.75 Å². The predicted octanol–water partition coefficient (Wildman–Crippen LogP) is 1.18. The molecule has 2 nitrogen and oxygen atoms in total. The van der Waals surface area contributed by atoms with E-state index in [1.807, 2.05) is 0 Å². The van der Waals surface area contributed by atoms with E-state index in [1.165, 1.54) is 51.3 Å². The Kier molecular flexibility index (Phi) is 3.17. The van der Waals surface area contributed by atoms with E-state index in [1.54, 1.807) is 0 Å². The van der Waals surface area contributed by atoms with Crippen LogP contribution in [0.4, 0.5) is 0 Å². The lowest BCUT2D eigenvalue weighted by atomic mass is 10.0. The molecule has 0 aromatic heterocycles. The van der Waals surface area contributed by atoms with E-state index in [2.05, 4.69) is 28.9 Å². The van der Waals surface area contributed by atoms with Gasteiger partial charge in [0, 0.05) is 37.5 Å². The summed E-state index contributed by atoms with van der Waals surface area (Å²) in [7, 11) is 0. The first-order valence-electron chi connectivity index (χ1n) is 5.36. The number of hydrogen-bond donors (Lipinski definition) is 1. The van der Waals surface area contributed by atoms with Gasteiger partial charge in [0.2, 0.25) is 0 Å². The van der Waals surface area contributed by atoms with Crippen LogP contribution in [0.3, 0.4) is 0 Å². The molecule has 0 bridgehead atoms. The molecule has 2 fully saturated rings. The third kappa shape index (κ3) is 2.61. The molecule has 2 saturated heterocycles. The molecule has 3 heteroatoms. The van der Waals surface area contributed by atoms with Gasteiger partial charge in [-0.15, -0.1) is 0 Å². The molecular weight excluding hydrogens is 180 g/mol. The van der Waals surface area contributed by atoms with Crippen molar-refractivity contribution in [2.45, 2.75) is 24.5 Å². The average molecular weight is 200 g/mol. The van der Waals surface area contributed by atoms with Crippen molar-refractivity contribution in [3.05, 3.63) is 0 Å². The van der Waals surface area contributed by atoms with Crippen LogP contribution in [-0.2, 0) is 0 Å². The highest BCUT2D eigenvalue weighted by atomic mass is 32.2. The monoisotopic (exact) mass is 200 g/mol. The minimum absolute atomic E-state index is 0.567. The van der Waals surface area contributed by atoms with Gasteiger partial charge in [-0.2, -0.15) is 11.8 Å². The Bertz CT molecular complexity index is 160. The van der Waals surface area contributed by atoms with Gasteiger partial charge >= 0.3 is 0 Å². The fraction of sp³-hybridized carbons (Fsp3) is 1.00. The second-order valence-corrected chi connectivity index (χ2v) is 6.11. The molecule has 1 unspecified atom stereocenters. The fourth-order valence-corrected chi connectivity index (χ4v) is 3.65. The number of piperazine rings is 1. The first-order chi connectivity index (χ1) is 6.29. The van der Waals surface area contributed by atoms with Gasteiger partial charge in [0.05, 0.1) is 0 Å². The van der Waals surface area contributed by atoms with Crippen molar-refractivity contribution >= 4 is 11.8 Å². The molecule has 2 aliphatic heterocycles. The van der Waals surface area contributed by atoms with Crippen LogP contribution in [0.1, 0.15) is 19.8 Å². The molecule has 0 aromatic carbocycles. The summed E-state index contributed by atoms with van der Waals surface area (Å²) in [5.41, 5.74) is 0. The summed E-state index contributed by atoms with van der Waals surface area (Å²) in [5, 5.41) is 3.40. The van der Waals surface area contributed by atoms with Gasteiger partial charge in [-0.25, -0.2) is 0 Å². The topological polar surface area (TPSA) is 15.3 Å². The lowest BCUT2D eigenvalue weighted by Gasteiger charge is -2.34. The molecule has 2 aliphatic rings. The van der Waals surface area contributed by atoms with Crippen molar-refractivity contribution in [2.24, 2.45) is 0 Å². The van der Waals surface area contributed by atoms with Crippen LogP contribution in [-0.4, -0.2) is 48.1 Å². The van der Waals surface area contributed by atoms with Gasteiger partial charge in [-0.05, 0) is 25.5 Å². The molecule has 0 spiro atoms. The SMILES string of the molecule is CC1(CN2CCNCC2)CCCS1. The lowest BCUT2D eigenvalue weighted by Crippen LogP contribution is -2.48. The maximum absolute atomic E-state index is 3.40. The molecule has 1 N–H and O–H groups in total. The fourth-order valence-electron chi connectivity index (χ4n) is 2.30. The van der Waals surface area contributed by atoms with Crippen molar-refractivity contribution in [3.8, 4) is 0 Å². The standard InChI is InChI=1S/C10H20N2S/c1-10(3-2-8-13-10)9-12-6-4-11-5-7-12/h11H,2-9H2,1H3. The Morgan fingerprint density at radius 2 is 2.15 bits per heavy atom. The molecule has 0 amide bonds. The van der Waals surface area contributed by atoms with Crippen LogP contribution < -0.4 is 5.32 Å². The molecular formula is C10H20N2S.